The van der Waals surface area contributed by atoms with Gasteiger partial charge in [0.05, 0.1) is 18.0 Å². The highest BCUT2D eigenvalue weighted by atomic mass is 32.2. The lowest BCUT2D eigenvalue weighted by atomic mass is 10.2. The molecule has 0 unspecified atom stereocenters. The van der Waals surface area contributed by atoms with Crippen LogP contribution in [0.3, 0.4) is 0 Å². The third-order valence-corrected chi connectivity index (χ3v) is 4.43. The van der Waals surface area contributed by atoms with Crippen molar-refractivity contribution >= 4 is 10.0 Å². The van der Waals surface area contributed by atoms with Crippen LogP contribution in [0.2, 0.25) is 0 Å². The Morgan fingerprint density at radius 2 is 2.19 bits per heavy atom. The lowest BCUT2D eigenvalue weighted by molar-refractivity contribution is 0.278. The minimum Gasteiger partial charge on any atom is -0.392 e. The molecule has 0 fully saturated rings. The Balaban J connectivity index is 2.25. The van der Waals surface area contributed by atoms with Crippen molar-refractivity contribution in [2.24, 2.45) is 0 Å². The van der Waals surface area contributed by atoms with Crippen LogP contribution in [0.15, 0.2) is 29.4 Å². The topological polar surface area (TPSA) is 97.1 Å². The van der Waals surface area contributed by atoms with Gasteiger partial charge in [-0.05, 0) is 24.6 Å². The molecule has 2 rings (SSSR count). The maximum absolute atomic E-state index is 13.2. The number of aliphatic hydroxyl groups is 1. The molecule has 1 aromatic carbocycles. The van der Waals surface area contributed by atoms with Gasteiger partial charge in [0, 0.05) is 6.54 Å². The van der Waals surface area contributed by atoms with E-state index >= 15 is 0 Å². The normalized spacial score (nSPS) is 11.8. The zero-order valence-electron chi connectivity index (χ0n) is 11.3. The molecule has 0 saturated carbocycles. The highest BCUT2D eigenvalue weighted by molar-refractivity contribution is 7.89. The van der Waals surface area contributed by atoms with Crippen molar-refractivity contribution in [3.63, 3.8) is 0 Å². The SMILES string of the molecule is CCn1cnnc1CNS(=O)(=O)c1cc(F)ccc1CO. The number of hydrogen-bond acceptors (Lipinski definition) is 5. The molecule has 1 aromatic heterocycles. The molecule has 0 atom stereocenters. The number of aryl methyl sites for hydroxylation is 1. The predicted octanol–water partition coefficient (Wildman–Crippen LogP) is 0.408. The van der Waals surface area contributed by atoms with Crippen LogP contribution in [0.4, 0.5) is 4.39 Å². The Bertz CT molecular complexity index is 730. The number of benzene rings is 1. The fourth-order valence-electron chi connectivity index (χ4n) is 1.83. The Hall–Kier alpha value is -1.84. The third-order valence-electron chi connectivity index (χ3n) is 2.95. The average molecular weight is 314 g/mol. The van der Waals surface area contributed by atoms with Gasteiger partial charge in [-0.1, -0.05) is 6.07 Å². The zero-order chi connectivity index (χ0) is 15.5. The Labute approximate surface area is 121 Å². The minimum absolute atomic E-state index is 0.0719. The first-order valence-corrected chi connectivity index (χ1v) is 7.72. The molecule has 0 bridgehead atoms. The molecule has 0 saturated heterocycles. The fraction of sp³-hybridized carbons (Fsp3) is 0.333. The maximum atomic E-state index is 13.2. The Kier molecular flexibility index (Phi) is 4.66. The summed E-state index contributed by atoms with van der Waals surface area (Å²) in [6, 6.07) is 3.20. The van der Waals surface area contributed by atoms with Gasteiger partial charge in [0.15, 0.2) is 0 Å². The number of aromatic nitrogens is 3. The molecule has 0 spiro atoms. The van der Waals surface area contributed by atoms with E-state index in [9.17, 15) is 12.8 Å². The summed E-state index contributed by atoms with van der Waals surface area (Å²) in [6.07, 6.45) is 1.49. The van der Waals surface area contributed by atoms with Crippen LogP contribution in [0.1, 0.15) is 18.3 Å². The minimum atomic E-state index is -3.96. The van der Waals surface area contributed by atoms with Gasteiger partial charge in [-0.2, -0.15) is 0 Å². The van der Waals surface area contributed by atoms with Crippen molar-refractivity contribution in [2.45, 2.75) is 31.5 Å². The van der Waals surface area contributed by atoms with Gasteiger partial charge in [-0.15, -0.1) is 10.2 Å². The van der Waals surface area contributed by atoms with Crippen LogP contribution in [0.5, 0.6) is 0 Å². The van der Waals surface area contributed by atoms with E-state index in [1.165, 1.54) is 12.4 Å². The number of hydrogen-bond donors (Lipinski definition) is 2. The number of aliphatic hydroxyl groups excluding tert-OH is 1. The summed E-state index contributed by atoms with van der Waals surface area (Å²) in [6.45, 7) is 1.91. The highest BCUT2D eigenvalue weighted by Crippen LogP contribution is 2.17. The molecule has 0 amide bonds. The van der Waals surface area contributed by atoms with E-state index in [1.807, 2.05) is 6.92 Å². The standard InChI is InChI=1S/C12H15FN4O3S/c1-2-17-8-14-16-12(17)6-15-21(19,20)11-5-10(13)4-3-9(11)7-18/h3-5,8,15,18H,2,6-7H2,1H3. The molecule has 0 radical (unpaired) electrons. The number of nitrogens with zero attached hydrogens (tertiary/aromatic N) is 3. The van der Waals surface area contributed by atoms with Crippen LogP contribution in [-0.4, -0.2) is 28.3 Å². The van der Waals surface area contributed by atoms with Gasteiger partial charge < -0.3 is 9.67 Å². The van der Waals surface area contributed by atoms with E-state index < -0.39 is 22.4 Å². The molecule has 2 aromatic rings. The van der Waals surface area contributed by atoms with E-state index in [2.05, 4.69) is 14.9 Å². The molecule has 0 aliphatic rings. The summed E-state index contributed by atoms with van der Waals surface area (Å²) in [7, 11) is -3.96. The van der Waals surface area contributed by atoms with Crippen LogP contribution in [0.25, 0.3) is 0 Å². The van der Waals surface area contributed by atoms with E-state index in [4.69, 9.17) is 5.11 Å². The molecule has 0 aliphatic carbocycles. The van der Waals surface area contributed by atoms with E-state index in [1.54, 1.807) is 4.57 Å². The fourth-order valence-corrected chi connectivity index (χ4v) is 3.05. The molecule has 21 heavy (non-hydrogen) atoms. The van der Waals surface area contributed by atoms with E-state index in [0.29, 0.717) is 12.4 Å². The van der Waals surface area contributed by atoms with Crippen LogP contribution in [-0.2, 0) is 29.7 Å². The Morgan fingerprint density at radius 3 is 2.86 bits per heavy atom. The highest BCUT2D eigenvalue weighted by Gasteiger charge is 2.19. The van der Waals surface area contributed by atoms with Crippen LogP contribution in [0, 0.1) is 5.82 Å². The molecule has 114 valence electrons. The van der Waals surface area contributed by atoms with Crippen LogP contribution >= 0.6 is 0 Å². The molecular weight excluding hydrogens is 299 g/mol. The molecule has 1 heterocycles. The molecular formula is C12H15FN4O3S. The summed E-state index contributed by atoms with van der Waals surface area (Å²) < 4.78 is 41.7. The number of nitrogens with one attached hydrogen (secondary N) is 1. The van der Waals surface area contributed by atoms with E-state index in [0.717, 1.165) is 12.1 Å². The molecule has 0 aliphatic heterocycles. The van der Waals surface area contributed by atoms with Crippen molar-refractivity contribution in [1.29, 1.82) is 0 Å². The molecule has 7 nitrogen and oxygen atoms in total. The summed E-state index contributed by atoms with van der Waals surface area (Å²) in [5.41, 5.74) is 0.126. The third kappa shape index (κ3) is 3.43. The number of rotatable bonds is 6. The molecule has 2 N–H and O–H groups in total. The Morgan fingerprint density at radius 1 is 1.43 bits per heavy atom. The first-order valence-electron chi connectivity index (χ1n) is 6.23. The summed E-state index contributed by atoms with van der Waals surface area (Å²) >= 11 is 0. The van der Waals surface area contributed by atoms with Gasteiger partial charge in [-0.25, -0.2) is 17.5 Å². The summed E-state index contributed by atoms with van der Waals surface area (Å²) in [5, 5.41) is 16.7. The molecule has 9 heteroatoms. The van der Waals surface area contributed by atoms with Gasteiger partial charge in [0.25, 0.3) is 0 Å². The van der Waals surface area contributed by atoms with E-state index in [-0.39, 0.29) is 17.0 Å². The predicted molar refractivity (Wildman–Crippen MR) is 72.0 cm³/mol. The quantitative estimate of drug-likeness (QED) is 0.805. The van der Waals surface area contributed by atoms with Gasteiger partial charge in [0.1, 0.15) is 18.0 Å². The monoisotopic (exact) mass is 314 g/mol. The summed E-state index contributed by atoms with van der Waals surface area (Å²) in [4.78, 5) is -0.285. The average Bonchev–Trinajstić information content (AvgIpc) is 2.92. The lowest BCUT2D eigenvalue weighted by Crippen LogP contribution is -2.26. The van der Waals surface area contributed by atoms with Crippen LogP contribution < -0.4 is 4.72 Å². The second kappa shape index (κ2) is 6.29. The number of sulfonamides is 1. The van der Waals surface area contributed by atoms with Crippen molar-refractivity contribution < 1.29 is 17.9 Å². The largest absolute Gasteiger partial charge is 0.392 e. The van der Waals surface area contributed by atoms with Gasteiger partial charge in [0.2, 0.25) is 10.0 Å². The van der Waals surface area contributed by atoms with Crippen molar-refractivity contribution in [3.05, 3.63) is 41.7 Å². The van der Waals surface area contributed by atoms with Crippen molar-refractivity contribution in [2.75, 3.05) is 0 Å². The second-order valence-corrected chi connectivity index (χ2v) is 6.00. The van der Waals surface area contributed by atoms with Crippen molar-refractivity contribution in [1.82, 2.24) is 19.5 Å². The van der Waals surface area contributed by atoms with Gasteiger partial charge in [-0.3, -0.25) is 0 Å². The number of halogens is 1. The second-order valence-electron chi connectivity index (χ2n) is 4.27. The summed E-state index contributed by atoms with van der Waals surface area (Å²) in [5.74, 6) is -0.243. The lowest BCUT2D eigenvalue weighted by Gasteiger charge is -2.10. The zero-order valence-corrected chi connectivity index (χ0v) is 12.1. The first-order chi connectivity index (χ1) is 9.97. The van der Waals surface area contributed by atoms with Gasteiger partial charge >= 0.3 is 0 Å². The maximum Gasteiger partial charge on any atom is 0.241 e. The smallest absolute Gasteiger partial charge is 0.241 e. The first kappa shape index (κ1) is 15.5. The van der Waals surface area contributed by atoms with Crippen molar-refractivity contribution in [3.8, 4) is 0 Å².